The number of fused-ring (bicyclic) bond motifs is 1. The normalized spacial score (nSPS) is 32.2. The molecule has 2 aliphatic rings. The van der Waals surface area contributed by atoms with Gasteiger partial charge in [-0.25, -0.2) is 0 Å². The van der Waals surface area contributed by atoms with E-state index in [1.807, 2.05) is 24.3 Å². The molecule has 2 atom stereocenters. The standard InChI is InChI=1S/C14H13BrO2/c15-11-9-14(10-4-2-1-3-5-10)6-7-17-13(14)8-12(11)16/h1-5,9,13H,6-8H2/t13-,14+/m0/s1. The fourth-order valence-electron chi connectivity index (χ4n) is 2.82. The van der Waals surface area contributed by atoms with Crippen molar-refractivity contribution in [3.63, 3.8) is 0 Å². The van der Waals surface area contributed by atoms with Crippen LogP contribution in [0.5, 0.6) is 0 Å². The number of carbonyl (C=O) groups is 1. The van der Waals surface area contributed by atoms with Crippen LogP contribution in [0.3, 0.4) is 0 Å². The predicted molar refractivity (Wildman–Crippen MR) is 69.1 cm³/mol. The number of ketones is 1. The zero-order valence-corrected chi connectivity index (χ0v) is 10.9. The largest absolute Gasteiger partial charge is 0.376 e. The first-order valence-corrected chi connectivity index (χ1v) is 6.60. The zero-order valence-electron chi connectivity index (χ0n) is 9.36. The first-order chi connectivity index (χ1) is 8.22. The topological polar surface area (TPSA) is 26.3 Å². The highest BCUT2D eigenvalue weighted by atomic mass is 79.9. The van der Waals surface area contributed by atoms with Crippen LogP contribution in [-0.4, -0.2) is 18.5 Å². The van der Waals surface area contributed by atoms with Crippen molar-refractivity contribution >= 4 is 21.7 Å². The highest BCUT2D eigenvalue weighted by Crippen LogP contribution is 2.45. The summed E-state index contributed by atoms with van der Waals surface area (Å²) in [7, 11) is 0. The van der Waals surface area contributed by atoms with Gasteiger partial charge in [0.25, 0.3) is 0 Å². The number of carbonyl (C=O) groups excluding carboxylic acids is 1. The molecule has 1 heterocycles. The quantitative estimate of drug-likeness (QED) is 0.795. The summed E-state index contributed by atoms with van der Waals surface area (Å²) < 4.78 is 6.44. The lowest BCUT2D eigenvalue weighted by Crippen LogP contribution is -2.39. The van der Waals surface area contributed by atoms with E-state index in [4.69, 9.17) is 4.74 Å². The Kier molecular flexibility index (Phi) is 2.68. The highest BCUT2D eigenvalue weighted by Gasteiger charge is 2.47. The Labute approximate surface area is 109 Å². The molecule has 0 radical (unpaired) electrons. The van der Waals surface area contributed by atoms with Crippen molar-refractivity contribution in [2.24, 2.45) is 0 Å². The number of hydrogen-bond donors (Lipinski definition) is 0. The lowest BCUT2D eigenvalue weighted by Gasteiger charge is -2.34. The molecule has 1 saturated heterocycles. The van der Waals surface area contributed by atoms with Gasteiger partial charge in [-0.3, -0.25) is 4.79 Å². The number of rotatable bonds is 1. The van der Waals surface area contributed by atoms with Crippen LogP contribution in [0.4, 0.5) is 0 Å². The molecule has 1 fully saturated rings. The molecule has 88 valence electrons. The van der Waals surface area contributed by atoms with E-state index in [-0.39, 0.29) is 17.3 Å². The van der Waals surface area contributed by atoms with Crippen LogP contribution in [0.1, 0.15) is 18.4 Å². The van der Waals surface area contributed by atoms with E-state index in [0.717, 1.165) is 13.0 Å². The summed E-state index contributed by atoms with van der Waals surface area (Å²) in [5.74, 6) is 0.142. The average Bonchev–Trinajstić information content (AvgIpc) is 2.75. The minimum absolute atomic E-state index is 0.00120. The van der Waals surface area contributed by atoms with Gasteiger partial charge in [0, 0.05) is 18.4 Å². The molecule has 0 N–H and O–H groups in total. The molecule has 0 bridgehead atoms. The molecule has 0 saturated carbocycles. The second kappa shape index (κ2) is 4.07. The smallest absolute Gasteiger partial charge is 0.172 e. The van der Waals surface area contributed by atoms with Crippen molar-refractivity contribution in [1.29, 1.82) is 0 Å². The molecule has 0 spiro atoms. The third-order valence-electron chi connectivity index (χ3n) is 3.74. The van der Waals surface area contributed by atoms with E-state index in [2.05, 4.69) is 28.1 Å². The van der Waals surface area contributed by atoms with Gasteiger partial charge in [0.1, 0.15) is 0 Å². The Hall–Kier alpha value is -0.930. The first-order valence-electron chi connectivity index (χ1n) is 5.81. The van der Waals surface area contributed by atoms with Crippen LogP contribution >= 0.6 is 15.9 Å². The predicted octanol–water partition coefficient (Wildman–Crippen LogP) is 2.96. The Morgan fingerprint density at radius 1 is 1.29 bits per heavy atom. The molecule has 0 unspecified atom stereocenters. The molecular weight excluding hydrogens is 280 g/mol. The van der Waals surface area contributed by atoms with E-state index in [0.29, 0.717) is 10.9 Å². The molecule has 17 heavy (non-hydrogen) atoms. The van der Waals surface area contributed by atoms with Crippen LogP contribution in [0, 0.1) is 0 Å². The Bertz CT molecular complexity index is 480. The van der Waals surface area contributed by atoms with Crippen molar-refractivity contribution in [3.05, 3.63) is 46.5 Å². The van der Waals surface area contributed by atoms with E-state index < -0.39 is 0 Å². The van der Waals surface area contributed by atoms with Gasteiger partial charge in [-0.15, -0.1) is 0 Å². The number of hydrogen-bond acceptors (Lipinski definition) is 2. The number of ether oxygens (including phenoxy) is 1. The molecule has 3 rings (SSSR count). The van der Waals surface area contributed by atoms with Gasteiger partial charge >= 0.3 is 0 Å². The van der Waals surface area contributed by atoms with Crippen molar-refractivity contribution in [2.75, 3.05) is 6.61 Å². The molecule has 0 aromatic heterocycles. The van der Waals surface area contributed by atoms with Gasteiger partial charge in [0.05, 0.1) is 10.6 Å². The second-order valence-electron chi connectivity index (χ2n) is 4.64. The molecule has 1 aliphatic heterocycles. The SMILES string of the molecule is O=C1C[C@@H]2OCC[C@]2(c2ccccc2)C=C1Br. The summed E-state index contributed by atoms with van der Waals surface area (Å²) in [6.45, 7) is 0.726. The summed E-state index contributed by atoms with van der Waals surface area (Å²) in [6.07, 6.45) is 3.47. The molecule has 3 heteroatoms. The third-order valence-corrected chi connectivity index (χ3v) is 4.41. The van der Waals surface area contributed by atoms with Gasteiger partial charge in [-0.1, -0.05) is 36.4 Å². The lowest BCUT2D eigenvalue weighted by molar-refractivity contribution is -0.118. The highest BCUT2D eigenvalue weighted by molar-refractivity contribution is 9.12. The van der Waals surface area contributed by atoms with E-state index >= 15 is 0 Å². The summed E-state index contributed by atoms with van der Waals surface area (Å²) in [5, 5.41) is 0. The van der Waals surface area contributed by atoms with Crippen LogP contribution in [0.15, 0.2) is 40.9 Å². The Morgan fingerprint density at radius 2 is 2.06 bits per heavy atom. The van der Waals surface area contributed by atoms with Crippen LogP contribution in [0.2, 0.25) is 0 Å². The third kappa shape index (κ3) is 1.69. The minimum atomic E-state index is -0.117. The van der Waals surface area contributed by atoms with Crippen LogP contribution in [0.25, 0.3) is 0 Å². The van der Waals surface area contributed by atoms with E-state index in [1.54, 1.807) is 0 Å². The average molecular weight is 293 g/mol. The maximum atomic E-state index is 11.7. The number of allylic oxidation sites excluding steroid dienone is 1. The fourth-order valence-corrected chi connectivity index (χ4v) is 3.39. The van der Waals surface area contributed by atoms with Gasteiger partial charge < -0.3 is 4.74 Å². The van der Waals surface area contributed by atoms with Gasteiger partial charge in [-0.05, 0) is 27.9 Å². The monoisotopic (exact) mass is 292 g/mol. The molecule has 1 aromatic rings. The molecular formula is C14H13BrO2. The summed E-state index contributed by atoms with van der Waals surface area (Å²) in [5.41, 5.74) is 1.13. The van der Waals surface area contributed by atoms with Crippen molar-refractivity contribution in [3.8, 4) is 0 Å². The Morgan fingerprint density at radius 3 is 2.82 bits per heavy atom. The number of benzene rings is 1. The van der Waals surface area contributed by atoms with Crippen LogP contribution < -0.4 is 0 Å². The van der Waals surface area contributed by atoms with Crippen molar-refractivity contribution in [1.82, 2.24) is 0 Å². The summed E-state index contributed by atoms with van der Waals surface area (Å²) in [4.78, 5) is 11.7. The second-order valence-corrected chi connectivity index (χ2v) is 5.49. The van der Waals surface area contributed by atoms with Crippen molar-refractivity contribution < 1.29 is 9.53 Å². The molecule has 2 nitrogen and oxygen atoms in total. The maximum Gasteiger partial charge on any atom is 0.172 e. The molecule has 1 aromatic carbocycles. The Balaban J connectivity index is 2.13. The minimum Gasteiger partial charge on any atom is -0.376 e. The summed E-state index contributed by atoms with van der Waals surface area (Å²) in [6, 6.07) is 10.3. The molecule has 0 amide bonds. The van der Waals surface area contributed by atoms with Gasteiger partial charge in [0.15, 0.2) is 5.78 Å². The van der Waals surface area contributed by atoms with E-state index in [9.17, 15) is 4.79 Å². The molecule has 1 aliphatic carbocycles. The maximum absolute atomic E-state index is 11.7. The lowest BCUT2D eigenvalue weighted by atomic mass is 9.70. The van der Waals surface area contributed by atoms with Gasteiger partial charge in [0.2, 0.25) is 0 Å². The van der Waals surface area contributed by atoms with Crippen LogP contribution in [-0.2, 0) is 14.9 Å². The fraction of sp³-hybridized carbons (Fsp3) is 0.357. The zero-order chi connectivity index (χ0) is 11.9. The van der Waals surface area contributed by atoms with Gasteiger partial charge in [-0.2, -0.15) is 0 Å². The first kappa shape index (κ1) is 11.2. The van der Waals surface area contributed by atoms with E-state index in [1.165, 1.54) is 5.56 Å². The van der Waals surface area contributed by atoms with Crippen molar-refractivity contribution in [2.45, 2.75) is 24.4 Å². The summed E-state index contributed by atoms with van der Waals surface area (Å²) >= 11 is 3.38. The number of halogens is 1. The number of Topliss-reactive ketones (excluding diaryl/α,β-unsaturated/α-hetero) is 1.